The third kappa shape index (κ3) is 7.40. The molecule has 7 nitrogen and oxygen atoms in total. The molecule has 0 aliphatic rings. The van der Waals surface area contributed by atoms with Gasteiger partial charge in [0.15, 0.2) is 0 Å². The first-order valence-corrected chi connectivity index (χ1v) is 7.49. The number of carbonyl (C=O) groups is 2. The number of aliphatic hydroxyl groups is 1. The Morgan fingerprint density at radius 1 is 0.952 bits per heavy atom. The minimum atomic E-state index is -0.989. The van der Waals surface area contributed by atoms with E-state index < -0.39 is 24.0 Å². The average molecular weight is 304 g/mol. The van der Waals surface area contributed by atoms with Crippen LogP contribution in [0, 0.1) is 5.92 Å². The van der Waals surface area contributed by atoms with Gasteiger partial charge in [-0.15, -0.1) is 10.1 Å². The van der Waals surface area contributed by atoms with Crippen molar-refractivity contribution in [2.75, 3.05) is 26.2 Å². The van der Waals surface area contributed by atoms with E-state index in [1.807, 2.05) is 27.7 Å². The summed E-state index contributed by atoms with van der Waals surface area (Å²) >= 11 is 0. The van der Waals surface area contributed by atoms with Gasteiger partial charge in [-0.1, -0.05) is 0 Å². The Kier molecular flexibility index (Phi) is 9.94. The average Bonchev–Trinajstić information content (AvgIpc) is 2.47. The lowest BCUT2D eigenvalue weighted by atomic mass is 10.0. The first-order chi connectivity index (χ1) is 9.89. The van der Waals surface area contributed by atoms with Crippen LogP contribution < -0.4 is 0 Å². The Hall–Kier alpha value is -1.18. The van der Waals surface area contributed by atoms with Crippen LogP contribution in [0.3, 0.4) is 0 Å². The van der Waals surface area contributed by atoms with Gasteiger partial charge in [0.25, 0.3) is 0 Å². The first kappa shape index (κ1) is 19.8. The number of hydrogen-bond donors (Lipinski definition) is 1. The molecule has 2 atom stereocenters. The van der Waals surface area contributed by atoms with Crippen molar-refractivity contribution in [1.29, 1.82) is 0 Å². The third-order valence-electron chi connectivity index (χ3n) is 3.13. The third-order valence-corrected chi connectivity index (χ3v) is 3.13. The minimum Gasteiger partial charge on any atom is -0.393 e. The lowest BCUT2D eigenvalue weighted by Crippen LogP contribution is -2.37. The van der Waals surface area contributed by atoms with Gasteiger partial charge in [-0.05, 0) is 34.6 Å². The Labute approximate surface area is 126 Å². The highest BCUT2D eigenvalue weighted by atomic mass is 16.7. The van der Waals surface area contributed by atoms with Crippen LogP contribution >= 0.6 is 0 Å². The summed E-state index contributed by atoms with van der Waals surface area (Å²) < 4.78 is 0. The summed E-state index contributed by atoms with van der Waals surface area (Å²) in [6.45, 7) is 11.1. The molecule has 0 aliphatic heterocycles. The quantitative estimate of drug-likeness (QED) is 0.602. The van der Waals surface area contributed by atoms with E-state index in [0.717, 1.165) is 0 Å². The maximum absolute atomic E-state index is 12.0. The van der Waals surface area contributed by atoms with E-state index in [0.29, 0.717) is 26.2 Å². The second kappa shape index (κ2) is 10.5. The zero-order valence-corrected chi connectivity index (χ0v) is 13.7. The van der Waals surface area contributed by atoms with Gasteiger partial charge in [-0.2, -0.15) is 0 Å². The standard InChI is InChI=1S/C14H28N2O5/c1-6-15(7-2)20-13(18)10-12(11(5)17)14(19)21-16(8-3)9-4/h11-12,17H,6-10H2,1-5H3. The van der Waals surface area contributed by atoms with Crippen molar-refractivity contribution in [3.8, 4) is 0 Å². The molecular weight excluding hydrogens is 276 g/mol. The summed E-state index contributed by atoms with van der Waals surface area (Å²) in [6.07, 6.45) is -1.20. The van der Waals surface area contributed by atoms with Crippen LogP contribution in [-0.4, -0.2) is 59.5 Å². The highest BCUT2D eigenvalue weighted by molar-refractivity contribution is 5.80. The predicted octanol–water partition coefficient (Wildman–Crippen LogP) is 0.973. The predicted molar refractivity (Wildman–Crippen MR) is 77.8 cm³/mol. The number of hydroxylamine groups is 4. The fourth-order valence-corrected chi connectivity index (χ4v) is 1.71. The number of carbonyl (C=O) groups excluding carboxylic acids is 2. The molecule has 0 aromatic carbocycles. The molecule has 0 radical (unpaired) electrons. The molecule has 0 amide bonds. The van der Waals surface area contributed by atoms with Crippen LogP contribution in [-0.2, 0) is 19.3 Å². The Morgan fingerprint density at radius 2 is 1.38 bits per heavy atom. The highest BCUT2D eigenvalue weighted by Gasteiger charge is 2.30. The fraction of sp³-hybridized carbons (Fsp3) is 0.857. The van der Waals surface area contributed by atoms with Crippen molar-refractivity contribution in [3.63, 3.8) is 0 Å². The van der Waals surface area contributed by atoms with Gasteiger partial charge < -0.3 is 14.8 Å². The van der Waals surface area contributed by atoms with Crippen LogP contribution in [0.2, 0.25) is 0 Å². The monoisotopic (exact) mass is 304 g/mol. The Balaban J connectivity index is 4.61. The van der Waals surface area contributed by atoms with E-state index in [1.54, 1.807) is 0 Å². The fourth-order valence-electron chi connectivity index (χ4n) is 1.71. The van der Waals surface area contributed by atoms with Gasteiger partial charge in [0.05, 0.1) is 18.4 Å². The molecule has 0 aliphatic carbocycles. The van der Waals surface area contributed by atoms with Crippen molar-refractivity contribution in [2.24, 2.45) is 5.92 Å². The largest absolute Gasteiger partial charge is 0.393 e. The Morgan fingerprint density at radius 3 is 1.76 bits per heavy atom. The lowest BCUT2D eigenvalue weighted by molar-refractivity contribution is -0.204. The summed E-state index contributed by atoms with van der Waals surface area (Å²) in [6, 6.07) is 0. The zero-order valence-electron chi connectivity index (χ0n) is 13.7. The molecule has 0 bridgehead atoms. The highest BCUT2D eigenvalue weighted by Crippen LogP contribution is 2.14. The summed E-state index contributed by atoms with van der Waals surface area (Å²) in [5.74, 6) is -2.11. The molecule has 21 heavy (non-hydrogen) atoms. The summed E-state index contributed by atoms with van der Waals surface area (Å²) in [5, 5.41) is 12.6. The molecule has 0 spiro atoms. The molecule has 0 rings (SSSR count). The number of rotatable bonds is 10. The maximum Gasteiger partial charge on any atom is 0.331 e. The Bertz CT molecular complexity index is 314. The van der Waals surface area contributed by atoms with E-state index in [9.17, 15) is 14.7 Å². The van der Waals surface area contributed by atoms with E-state index in [-0.39, 0.29) is 6.42 Å². The van der Waals surface area contributed by atoms with Crippen LogP contribution in [0.1, 0.15) is 41.0 Å². The molecule has 1 N–H and O–H groups in total. The van der Waals surface area contributed by atoms with E-state index in [1.165, 1.54) is 17.1 Å². The first-order valence-electron chi connectivity index (χ1n) is 7.49. The number of nitrogens with zero attached hydrogens (tertiary/aromatic N) is 2. The van der Waals surface area contributed by atoms with Crippen molar-refractivity contribution in [1.82, 2.24) is 10.1 Å². The van der Waals surface area contributed by atoms with Gasteiger partial charge in [-0.25, -0.2) is 4.79 Å². The minimum absolute atomic E-state index is 0.214. The second-order valence-electron chi connectivity index (χ2n) is 4.65. The molecule has 7 heteroatoms. The van der Waals surface area contributed by atoms with Crippen LogP contribution in [0.25, 0.3) is 0 Å². The van der Waals surface area contributed by atoms with Crippen LogP contribution in [0.4, 0.5) is 0 Å². The molecule has 0 fully saturated rings. The van der Waals surface area contributed by atoms with E-state index in [2.05, 4.69) is 0 Å². The van der Waals surface area contributed by atoms with Crippen molar-refractivity contribution in [2.45, 2.75) is 47.1 Å². The number of aliphatic hydroxyl groups excluding tert-OH is 1. The molecule has 0 saturated carbocycles. The molecule has 0 saturated heterocycles. The molecule has 124 valence electrons. The van der Waals surface area contributed by atoms with Gasteiger partial charge in [0.2, 0.25) is 0 Å². The van der Waals surface area contributed by atoms with Gasteiger partial charge in [-0.3, -0.25) is 4.79 Å². The summed E-state index contributed by atoms with van der Waals surface area (Å²) in [5.41, 5.74) is 0. The number of hydrogen-bond acceptors (Lipinski definition) is 7. The lowest BCUT2D eigenvalue weighted by Gasteiger charge is -2.24. The molecule has 0 heterocycles. The van der Waals surface area contributed by atoms with E-state index in [4.69, 9.17) is 9.68 Å². The van der Waals surface area contributed by atoms with Gasteiger partial charge in [0.1, 0.15) is 0 Å². The molecule has 0 aromatic rings. The van der Waals surface area contributed by atoms with Crippen molar-refractivity contribution >= 4 is 11.9 Å². The normalized spacial score (nSPS) is 14.1. The van der Waals surface area contributed by atoms with Crippen molar-refractivity contribution < 1.29 is 24.4 Å². The summed E-state index contributed by atoms with van der Waals surface area (Å²) in [7, 11) is 0. The van der Waals surface area contributed by atoms with E-state index >= 15 is 0 Å². The molecular formula is C14H28N2O5. The summed E-state index contributed by atoms with van der Waals surface area (Å²) in [4.78, 5) is 34.1. The maximum atomic E-state index is 12.0. The molecule has 2 unspecified atom stereocenters. The topological polar surface area (TPSA) is 79.3 Å². The van der Waals surface area contributed by atoms with Crippen molar-refractivity contribution in [3.05, 3.63) is 0 Å². The van der Waals surface area contributed by atoms with Gasteiger partial charge in [0, 0.05) is 26.2 Å². The van der Waals surface area contributed by atoms with Gasteiger partial charge >= 0.3 is 11.9 Å². The second-order valence-corrected chi connectivity index (χ2v) is 4.65. The van der Waals surface area contributed by atoms with Crippen LogP contribution in [0.15, 0.2) is 0 Å². The SMILES string of the molecule is CCN(CC)OC(=O)CC(C(=O)ON(CC)CC)C(C)O. The zero-order chi connectivity index (χ0) is 16.4. The smallest absolute Gasteiger partial charge is 0.331 e. The molecule has 0 aromatic heterocycles. The van der Waals surface area contributed by atoms with Crippen LogP contribution in [0.5, 0.6) is 0 Å².